The molecule has 6 nitrogen and oxygen atoms in total. The third kappa shape index (κ3) is 4.34. The Morgan fingerprint density at radius 2 is 2.07 bits per heavy atom. The van der Waals surface area contributed by atoms with Gasteiger partial charge in [0.1, 0.15) is 17.3 Å². The van der Waals surface area contributed by atoms with Crippen LogP contribution in [-0.2, 0) is 13.6 Å². The molecule has 1 unspecified atom stereocenters. The number of aldehydes is 1. The Bertz CT molecular complexity index is 1020. The SMILES string of the molecule is Cn1c(-c2ccc(Oc3cc(Cl)ccc3C=O)cc2)cnc1CN1CCC(O)C1. The van der Waals surface area contributed by atoms with Gasteiger partial charge in [0.05, 0.1) is 30.1 Å². The lowest BCUT2D eigenvalue weighted by Gasteiger charge is -2.15. The van der Waals surface area contributed by atoms with Gasteiger partial charge in [-0.1, -0.05) is 11.6 Å². The van der Waals surface area contributed by atoms with Crippen molar-refractivity contribution < 1.29 is 14.6 Å². The zero-order valence-corrected chi connectivity index (χ0v) is 16.8. The number of hydrogen-bond acceptors (Lipinski definition) is 5. The molecule has 2 heterocycles. The predicted molar refractivity (Wildman–Crippen MR) is 111 cm³/mol. The zero-order valence-electron chi connectivity index (χ0n) is 16.1. The van der Waals surface area contributed by atoms with Crippen LogP contribution < -0.4 is 4.74 Å². The minimum Gasteiger partial charge on any atom is -0.457 e. The summed E-state index contributed by atoms with van der Waals surface area (Å²) in [5, 5.41) is 10.2. The van der Waals surface area contributed by atoms with Crippen LogP contribution in [0.15, 0.2) is 48.7 Å². The van der Waals surface area contributed by atoms with E-state index in [9.17, 15) is 9.90 Å². The van der Waals surface area contributed by atoms with Crippen molar-refractivity contribution >= 4 is 17.9 Å². The van der Waals surface area contributed by atoms with Crippen molar-refractivity contribution in [2.24, 2.45) is 7.05 Å². The molecule has 2 aromatic carbocycles. The van der Waals surface area contributed by atoms with E-state index in [1.165, 1.54) is 0 Å². The molecule has 150 valence electrons. The molecular formula is C22H22ClN3O3. The molecule has 0 spiro atoms. The van der Waals surface area contributed by atoms with Gasteiger partial charge in [-0.05, 0) is 42.8 Å². The van der Waals surface area contributed by atoms with Gasteiger partial charge >= 0.3 is 0 Å². The Labute approximate surface area is 174 Å². The minimum absolute atomic E-state index is 0.235. The van der Waals surface area contributed by atoms with Crippen molar-refractivity contribution in [2.75, 3.05) is 13.1 Å². The molecule has 0 aliphatic carbocycles. The van der Waals surface area contributed by atoms with E-state index in [-0.39, 0.29) is 6.10 Å². The summed E-state index contributed by atoms with van der Waals surface area (Å²) in [5.41, 5.74) is 2.46. The number of β-amino-alcohol motifs (C(OH)–C–C–N with tert-alkyl or cyclic N) is 1. The van der Waals surface area contributed by atoms with E-state index >= 15 is 0 Å². The van der Waals surface area contributed by atoms with Crippen LogP contribution in [0.5, 0.6) is 11.5 Å². The summed E-state index contributed by atoms with van der Waals surface area (Å²) in [4.78, 5) is 18.0. The van der Waals surface area contributed by atoms with Gasteiger partial charge in [0.2, 0.25) is 0 Å². The Morgan fingerprint density at radius 3 is 2.76 bits per heavy atom. The molecule has 0 radical (unpaired) electrons. The van der Waals surface area contributed by atoms with Gasteiger partial charge in [0.15, 0.2) is 6.29 Å². The summed E-state index contributed by atoms with van der Waals surface area (Å²) in [6, 6.07) is 12.5. The van der Waals surface area contributed by atoms with Crippen LogP contribution in [0.25, 0.3) is 11.3 Å². The number of nitrogens with zero attached hydrogens (tertiary/aromatic N) is 3. The first kappa shape index (κ1) is 19.6. The molecule has 0 saturated carbocycles. The fraction of sp³-hybridized carbons (Fsp3) is 0.273. The molecule has 1 fully saturated rings. The first-order valence-corrected chi connectivity index (χ1v) is 9.85. The number of hydrogen-bond donors (Lipinski definition) is 1. The molecule has 1 aliphatic rings. The lowest BCUT2D eigenvalue weighted by Crippen LogP contribution is -2.23. The van der Waals surface area contributed by atoms with Gasteiger partial charge in [-0.25, -0.2) is 4.98 Å². The van der Waals surface area contributed by atoms with Crippen molar-refractivity contribution in [3.05, 3.63) is 65.1 Å². The molecule has 7 heteroatoms. The van der Waals surface area contributed by atoms with Crippen LogP contribution in [0.4, 0.5) is 0 Å². The lowest BCUT2D eigenvalue weighted by molar-refractivity contribution is 0.112. The first-order chi connectivity index (χ1) is 14.0. The highest BCUT2D eigenvalue weighted by molar-refractivity contribution is 6.30. The summed E-state index contributed by atoms with van der Waals surface area (Å²) in [6.07, 6.45) is 3.19. The molecule has 29 heavy (non-hydrogen) atoms. The molecule has 0 amide bonds. The fourth-order valence-corrected chi connectivity index (χ4v) is 3.70. The Balaban J connectivity index is 1.50. The summed E-state index contributed by atoms with van der Waals surface area (Å²) in [5.74, 6) is 2.01. The summed E-state index contributed by atoms with van der Waals surface area (Å²) in [7, 11) is 2.00. The van der Waals surface area contributed by atoms with Crippen LogP contribution in [0.1, 0.15) is 22.6 Å². The normalized spacial score (nSPS) is 16.9. The Morgan fingerprint density at radius 1 is 1.28 bits per heavy atom. The number of carbonyl (C=O) groups is 1. The molecule has 1 N–H and O–H groups in total. The average Bonchev–Trinajstić information content (AvgIpc) is 3.29. The Hall–Kier alpha value is -2.67. The van der Waals surface area contributed by atoms with Crippen LogP contribution in [-0.4, -0.2) is 45.0 Å². The summed E-state index contributed by atoms with van der Waals surface area (Å²) in [6.45, 7) is 2.31. The molecule has 3 aromatic rings. The lowest BCUT2D eigenvalue weighted by atomic mass is 10.1. The number of imidazole rings is 1. The minimum atomic E-state index is -0.235. The second kappa shape index (κ2) is 8.37. The average molecular weight is 412 g/mol. The largest absolute Gasteiger partial charge is 0.457 e. The van der Waals surface area contributed by atoms with Crippen molar-refractivity contribution in [1.29, 1.82) is 0 Å². The van der Waals surface area contributed by atoms with Crippen molar-refractivity contribution in [3.63, 3.8) is 0 Å². The molecule has 1 atom stereocenters. The standard InChI is InChI=1S/C22H22ClN3O3/c1-25-20(11-24-22(25)13-26-9-8-18(28)12-26)15-3-6-19(7-4-15)29-21-10-17(23)5-2-16(21)14-27/h2-7,10-11,14,18,28H,8-9,12-13H2,1H3. The number of likely N-dealkylation sites (tertiary alicyclic amines) is 1. The number of aliphatic hydroxyl groups is 1. The maximum absolute atomic E-state index is 11.2. The van der Waals surface area contributed by atoms with Crippen LogP contribution >= 0.6 is 11.6 Å². The van der Waals surface area contributed by atoms with Gasteiger partial charge in [-0.2, -0.15) is 0 Å². The van der Waals surface area contributed by atoms with E-state index in [2.05, 4.69) is 14.5 Å². The van der Waals surface area contributed by atoms with E-state index in [1.807, 2.05) is 37.5 Å². The maximum Gasteiger partial charge on any atom is 0.153 e. The van der Waals surface area contributed by atoms with Crippen molar-refractivity contribution in [3.8, 4) is 22.8 Å². The molecule has 1 aromatic heterocycles. The van der Waals surface area contributed by atoms with Gasteiger partial charge in [0, 0.05) is 36.8 Å². The fourth-order valence-electron chi connectivity index (χ4n) is 3.53. The third-order valence-corrected chi connectivity index (χ3v) is 5.41. The van der Waals surface area contributed by atoms with Gasteiger partial charge in [-0.15, -0.1) is 0 Å². The second-order valence-electron chi connectivity index (χ2n) is 7.22. The molecule has 4 rings (SSSR count). The van der Waals surface area contributed by atoms with Crippen molar-refractivity contribution in [2.45, 2.75) is 19.1 Å². The quantitative estimate of drug-likeness (QED) is 0.623. The van der Waals surface area contributed by atoms with E-state index in [0.29, 0.717) is 28.6 Å². The molecular weight excluding hydrogens is 390 g/mol. The summed E-state index contributed by atoms with van der Waals surface area (Å²) >= 11 is 6.01. The smallest absolute Gasteiger partial charge is 0.153 e. The van der Waals surface area contributed by atoms with E-state index in [0.717, 1.165) is 42.9 Å². The third-order valence-electron chi connectivity index (χ3n) is 5.18. The maximum atomic E-state index is 11.2. The van der Waals surface area contributed by atoms with Crippen LogP contribution in [0, 0.1) is 0 Å². The number of ether oxygens (including phenoxy) is 1. The second-order valence-corrected chi connectivity index (χ2v) is 7.66. The van der Waals surface area contributed by atoms with E-state index in [4.69, 9.17) is 16.3 Å². The van der Waals surface area contributed by atoms with Crippen LogP contribution in [0.2, 0.25) is 5.02 Å². The van der Waals surface area contributed by atoms with Gasteiger partial charge in [0.25, 0.3) is 0 Å². The predicted octanol–water partition coefficient (Wildman–Crippen LogP) is 3.91. The zero-order chi connectivity index (χ0) is 20.4. The number of benzene rings is 2. The Kier molecular flexibility index (Phi) is 5.67. The number of carbonyl (C=O) groups excluding carboxylic acids is 1. The van der Waals surface area contributed by atoms with Crippen LogP contribution in [0.3, 0.4) is 0 Å². The molecule has 0 bridgehead atoms. The molecule has 1 aliphatic heterocycles. The topological polar surface area (TPSA) is 67.6 Å². The van der Waals surface area contributed by atoms with Crippen molar-refractivity contribution in [1.82, 2.24) is 14.5 Å². The number of rotatable bonds is 6. The van der Waals surface area contributed by atoms with Gasteiger partial charge < -0.3 is 14.4 Å². The monoisotopic (exact) mass is 411 g/mol. The number of aliphatic hydroxyl groups excluding tert-OH is 1. The highest BCUT2D eigenvalue weighted by atomic mass is 35.5. The number of halogens is 1. The van der Waals surface area contributed by atoms with E-state index < -0.39 is 0 Å². The highest BCUT2D eigenvalue weighted by Crippen LogP contribution is 2.29. The van der Waals surface area contributed by atoms with Gasteiger partial charge in [-0.3, -0.25) is 9.69 Å². The summed E-state index contributed by atoms with van der Waals surface area (Å²) < 4.78 is 7.91. The highest BCUT2D eigenvalue weighted by Gasteiger charge is 2.22. The first-order valence-electron chi connectivity index (χ1n) is 9.47. The molecule has 1 saturated heterocycles. The van der Waals surface area contributed by atoms with E-state index in [1.54, 1.807) is 18.2 Å². The number of aromatic nitrogens is 2.